The van der Waals surface area contributed by atoms with Gasteiger partial charge in [-0.25, -0.2) is 4.39 Å². The zero-order valence-corrected chi connectivity index (χ0v) is 8.92. The molecule has 0 aliphatic carbocycles. The number of ketones is 1. The molecule has 1 aromatic rings. The molecule has 0 radical (unpaired) electrons. The number of hydrogen-bond donors (Lipinski definition) is 1. The van der Waals surface area contributed by atoms with Gasteiger partial charge in [0.15, 0.2) is 5.78 Å². The molecule has 0 atom stereocenters. The van der Waals surface area contributed by atoms with Crippen molar-refractivity contribution in [3.63, 3.8) is 0 Å². The van der Waals surface area contributed by atoms with Crippen LogP contribution in [0, 0.1) is 5.82 Å². The van der Waals surface area contributed by atoms with Crippen molar-refractivity contribution in [2.24, 2.45) is 0 Å². The molecule has 3 nitrogen and oxygen atoms in total. The van der Waals surface area contributed by atoms with E-state index in [2.05, 4.69) is 0 Å². The van der Waals surface area contributed by atoms with Crippen LogP contribution in [0.15, 0.2) is 18.2 Å². The monoisotopic (exact) mass is 264 g/mol. The van der Waals surface area contributed by atoms with Gasteiger partial charge in [-0.15, -0.1) is 0 Å². The van der Waals surface area contributed by atoms with Crippen LogP contribution in [0.2, 0.25) is 0 Å². The topological polar surface area (TPSA) is 54.4 Å². The highest BCUT2D eigenvalue weighted by Crippen LogP contribution is 2.33. The number of Topliss-reactive ketones (excluding diaryl/α,β-unsaturated/α-hetero) is 1. The van der Waals surface area contributed by atoms with E-state index in [1.807, 2.05) is 0 Å². The summed E-state index contributed by atoms with van der Waals surface area (Å²) in [5.41, 5.74) is -2.11. The van der Waals surface area contributed by atoms with Gasteiger partial charge in [-0.2, -0.15) is 13.2 Å². The maximum Gasteiger partial charge on any atom is 0.417 e. The minimum atomic E-state index is -4.86. The van der Waals surface area contributed by atoms with Gasteiger partial charge < -0.3 is 5.11 Å². The second kappa shape index (κ2) is 5.16. The number of rotatable bonds is 4. The number of carboxylic acids is 1. The fourth-order valence-electron chi connectivity index (χ4n) is 1.35. The third-order valence-corrected chi connectivity index (χ3v) is 2.15. The summed E-state index contributed by atoms with van der Waals surface area (Å²) in [5.74, 6) is -3.39. The van der Waals surface area contributed by atoms with Crippen molar-refractivity contribution >= 4 is 11.8 Å². The summed E-state index contributed by atoms with van der Waals surface area (Å²) in [7, 11) is 0. The van der Waals surface area contributed by atoms with Gasteiger partial charge in [-0.05, 0) is 18.2 Å². The van der Waals surface area contributed by atoms with Gasteiger partial charge in [-0.3, -0.25) is 9.59 Å². The number of carbonyl (C=O) groups is 2. The highest BCUT2D eigenvalue weighted by molar-refractivity contribution is 5.98. The Hall–Kier alpha value is -1.92. The zero-order chi connectivity index (χ0) is 13.9. The smallest absolute Gasteiger partial charge is 0.417 e. The quantitative estimate of drug-likeness (QED) is 0.672. The summed E-state index contributed by atoms with van der Waals surface area (Å²) in [6.07, 6.45) is -6.01. The summed E-state index contributed by atoms with van der Waals surface area (Å²) in [4.78, 5) is 21.7. The Morgan fingerprint density at radius 1 is 1.17 bits per heavy atom. The summed E-state index contributed by atoms with van der Waals surface area (Å²) < 4.78 is 50.4. The molecule has 0 unspecified atom stereocenters. The van der Waals surface area contributed by atoms with E-state index in [1.165, 1.54) is 0 Å². The molecule has 98 valence electrons. The number of hydrogen-bond acceptors (Lipinski definition) is 2. The van der Waals surface area contributed by atoms with Crippen molar-refractivity contribution in [1.82, 2.24) is 0 Å². The minimum absolute atomic E-state index is 0.216. The Balaban J connectivity index is 3.08. The molecule has 0 saturated carbocycles. The Morgan fingerprint density at radius 2 is 1.78 bits per heavy atom. The minimum Gasteiger partial charge on any atom is -0.481 e. The highest BCUT2D eigenvalue weighted by Gasteiger charge is 2.35. The predicted octanol–water partition coefficient (Wildman–Crippen LogP) is 2.89. The van der Waals surface area contributed by atoms with Gasteiger partial charge in [0.1, 0.15) is 5.82 Å². The Morgan fingerprint density at radius 3 is 2.28 bits per heavy atom. The van der Waals surface area contributed by atoms with E-state index >= 15 is 0 Å². The lowest BCUT2D eigenvalue weighted by Crippen LogP contribution is -2.14. The molecule has 0 aromatic heterocycles. The molecule has 1 rings (SSSR count). The van der Waals surface area contributed by atoms with Gasteiger partial charge in [0.2, 0.25) is 0 Å². The highest BCUT2D eigenvalue weighted by atomic mass is 19.4. The van der Waals surface area contributed by atoms with E-state index in [-0.39, 0.29) is 6.07 Å². The molecule has 0 saturated heterocycles. The van der Waals surface area contributed by atoms with Gasteiger partial charge in [0.25, 0.3) is 0 Å². The van der Waals surface area contributed by atoms with Crippen LogP contribution in [-0.2, 0) is 11.0 Å². The standard InChI is InChI=1S/C11H8F4O3/c12-6-1-2-7(8(5-6)11(13,14)15)9(16)3-4-10(17)18/h1-2,5H,3-4H2,(H,17,18). The Bertz CT molecular complexity index is 480. The van der Waals surface area contributed by atoms with E-state index in [9.17, 15) is 27.2 Å². The van der Waals surface area contributed by atoms with E-state index in [0.29, 0.717) is 6.07 Å². The molecule has 0 aliphatic rings. The molecule has 0 amide bonds. The molecule has 0 aliphatic heterocycles. The molecular formula is C11H8F4O3. The van der Waals surface area contributed by atoms with Gasteiger partial charge in [0.05, 0.1) is 12.0 Å². The van der Waals surface area contributed by atoms with E-state index in [1.54, 1.807) is 0 Å². The first kappa shape index (κ1) is 14.1. The van der Waals surface area contributed by atoms with Crippen molar-refractivity contribution in [1.29, 1.82) is 0 Å². The third kappa shape index (κ3) is 3.54. The number of alkyl halides is 3. The van der Waals surface area contributed by atoms with Crippen LogP contribution in [0.4, 0.5) is 17.6 Å². The molecular weight excluding hydrogens is 256 g/mol. The summed E-state index contributed by atoms with van der Waals surface area (Å²) in [6, 6.07) is 1.65. The molecule has 7 heteroatoms. The van der Waals surface area contributed by atoms with Crippen molar-refractivity contribution < 1.29 is 32.3 Å². The number of aliphatic carboxylic acids is 1. The van der Waals surface area contributed by atoms with Crippen LogP contribution < -0.4 is 0 Å². The maximum atomic E-state index is 12.7. The van der Waals surface area contributed by atoms with Crippen molar-refractivity contribution in [3.05, 3.63) is 35.1 Å². The van der Waals surface area contributed by atoms with Crippen molar-refractivity contribution in [3.8, 4) is 0 Å². The Kier molecular flexibility index (Phi) is 4.05. The van der Waals surface area contributed by atoms with E-state index < -0.39 is 47.7 Å². The fraction of sp³-hybridized carbons (Fsp3) is 0.273. The van der Waals surface area contributed by atoms with E-state index in [4.69, 9.17) is 5.11 Å². The molecule has 18 heavy (non-hydrogen) atoms. The molecule has 0 bridgehead atoms. The predicted molar refractivity (Wildman–Crippen MR) is 52.6 cm³/mol. The van der Waals surface area contributed by atoms with Gasteiger partial charge in [-0.1, -0.05) is 0 Å². The number of carbonyl (C=O) groups excluding carboxylic acids is 1. The molecule has 1 aromatic carbocycles. The molecule has 1 N–H and O–H groups in total. The molecule has 0 fully saturated rings. The maximum absolute atomic E-state index is 12.7. The lowest BCUT2D eigenvalue weighted by molar-refractivity contribution is -0.138. The average molecular weight is 264 g/mol. The van der Waals surface area contributed by atoms with Gasteiger partial charge in [0, 0.05) is 12.0 Å². The zero-order valence-electron chi connectivity index (χ0n) is 8.92. The molecule has 0 heterocycles. The first-order valence-electron chi connectivity index (χ1n) is 4.83. The third-order valence-electron chi connectivity index (χ3n) is 2.15. The lowest BCUT2D eigenvalue weighted by Gasteiger charge is -2.11. The SMILES string of the molecule is O=C(O)CCC(=O)c1ccc(F)cc1C(F)(F)F. The van der Waals surface area contributed by atoms with Crippen molar-refractivity contribution in [2.45, 2.75) is 19.0 Å². The second-order valence-electron chi connectivity index (χ2n) is 3.50. The first-order chi connectivity index (χ1) is 8.21. The summed E-state index contributed by atoms with van der Waals surface area (Å²) >= 11 is 0. The average Bonchev–Trinajstić information content (AvgIpc) is 2.24. The first-order valence-corrected chi connectivity index (χ1v) is 4.83. The largest absolute Gasteiger partial charge is 0.481 e. The molecule has 0 spiro atoms. The lowest BCUT2D eigenvalue weighted by atomic mass is 10.00. The van der Waals surface area contributed by atoms with Crippen LogP contribution in [0.3, 0.4) is 0 Å². The van der Waals surface area contributed by atoms with Crippen LogP contribution in [0.25, 0.3) is 0 Å². The van der Waals surface area contributed by atoms with Crippen LogP contribution in [0.5, 0.6) is 0 Å². The number of halogens is 4. The van der Waals surface area contributed by atoms with Crippen LogP contribution in [0.1, 0.15) is 28.8 Å². The van der Waals surface area contributed by atoms with Gasteiger partial charge >= 0.3 is 12.1 Å². The number of carboxylic acid groups (broad SMARTS) is 1. The second-order valence-corrected chi connectivity index (χ2v) is 3.50. The summed E-state index contributed by atoms with van der Waals surface area (Å²) in [6.45, 7) is 0. The van der Waals surface area contributed by atoms with Crippen LogP contribution >= 0.6 is 0 Å². The fourth-order valence-corrected chi connectivity index (χ4v) is 1.35. The summed E-state index contributed by atoms with van der Waals surface area (Å²) in [5, 5.41) is 8.35. The Labute approximate surface area is 99.0 Å². The van der Waals surface area contributed by atoms with E-state index in [0.717, 1.165) is 6.07 Å². The van der Waals surface area contributed by atoms with Crippen LogP contribution in [-0.4, -0.2) is 16.9 Å². The normalized spacial score (nSPS) is 11.3. The number of benzene rings is 1. The van der Waals surface area contributed by atoms with Crippen molar-refractivity contribution in [2.75, 3.05) is 0 Å².